The Morgan fingerprint density at radius 1 is 1.12 bits per heavy atom. The van der Waals surface area contributed by atoms with E-state index >= 15 is 0 Å². The lowest BCUT2D eigenvalue weighted by molar-refractivity contribution is 0.229. The zero-order valence-corrected chi connectivity index (χ0v) is 10.1. The molecule has 0 aliphatic rings. The van der Waals surface area contributed by atoms with Crippen LogP contribution in [0.4, 0.5) is 5.69 Å². The van der Waals surface area contributed by atoms with Gasteiger partial charge in [0.15, 0.2) is 0 Å². The van der Waals surface area contributed by atoms with Crippen LogP contribution in [0.5, 0.6) is 0 Å². The molecule has 90 valence electrons. The van der Waals surface area contributed by atoms with Crippen LogP contribution in [0.2, 0.25) is 0 Å². The summed E-state index contributed by atoms with van der Waals surface area (Å²) < 4.78 is 3.86. The van der Waals surface area contributed by atoms with E-state index in [9.17, 15) is 0 Å². The minimum atomic E-state index is -1.62. The first kappa shape index (κ1) is 15.0. The Morgan fingerprint density at radius 3 is 1.88 bits per heavy atom. The monoisotopic (exact) mass is 225 g/mol. The molecule has 0 unspecified atom stereocenters. The fourth-order valence-electron chi connectivity index (χ4n) is 1.23. The van der Waals surface area contributed by atoms with Crippen molar-refractivity contribution in [3.8, 4) is 0 Å². The van der Waals surface area contributed by atoms with Crippen molar-refractivity contribution in [2.45, 2.75) is 13.8 Å². The fourth-order valence-corrected chi connectivity index (χ4v) is 1.23. The number of anilines is 1. The molecule has 0 amide bonds. The molecule has 1 aromatic carbocycles. The second-order valence-corrected chi connectivity index (χ2v) is 3.07. The zero-order valence-electron chi connectivity index (χ0n) is 10.1. The van der Waals surface area contributed by atoms with Gasteiger partial charge in [-0.3, -0.25) is 0 Å². The molecule has 0 aliphatic heterocycles. The molecule has 0 saturated carbocycles. The maximum absolute atomic E-state index is 7.69. The first-order valence-electron chi connectivity index (χ1n) is 5.34. The summed E-state index contributed by atoms with van der Waals surface area (Å²) >= 11 is 0. The van der Waals surface area contributed by atoms with Crippen LogP contribution >= 0.6 is 0 Å². The highest BCUT2D eigenvalue weighted by atomic mass is 16.6. The highest BCUT2D eigenvalue weighted by Gasteiger charge is 2.00. The van der Waals surface area contributed by atoms with E-state index in [0.29, 0.717) is 0 Å². The first-order valence-corrected chi connectivity index (χ1v) is 5.34. The van der Waals surface area contributed by atoms with E-state index in [2.05, 4.69) is 47.7 Å². The predicted molar refractivity (Wildman–Crippen MR) is 67.2 cm³/mol. The highest BCUT2D eigenvalue weighted by molar-refractivity contribution is 6.32. The van der Waals surface area contributed by atoms with Gasteiger partial charge in [0.05, 0.1) is 0 Å². The number of nitrogens with zero attached hydrogens (tertiary/aromatic N) is 1. The Kier molecular flexibility index (Phi) is 8.61. The number of hydrogen-bond acceptors (Lipinski definition) is 4. The molecule has 0 aliphatic carbocycles. The van der Waals surface area contributed by atoms with Crippen LogP contribution in [0.25, 0.3) is 0 Å². The molecule has 16 heavy (non-hydrogen) atoms. The molecule has 4 nitrogen and oxygen atoms in total. The number of rotatable bonds is 4. The van der Waals surface area contributed by atoms with E-state index in [1.165, 1.54) is 12.8 Å². The Labute approximate surface area is 97.7 Å². The topological polar surface area (TPSA) is 52.9 Å². The fraction of sp³-hybridized carbons (Fsp3) is 0.455. The lowest BCUT2D eigenvalue weighted by Gasteiger charge is -2.20. The van der Waals surface area contributed by atoms with Crippen LogP contribution in [0.3, 0.4) is 0 Å². The Morgan fingerprint density at radius 2 is 1.56 bits per heavy atom. The third kappa shape index (κ3) is 6.45. The van der Waals surface area contributed by atoms with E-state index in [1.807, 2.05) is 6.07 Å². The van der Waals surface area contributed by atoms with Crippen molar-refractivity contribution in [3.05, 3.63) is 30.3 Å². The minimum absolute atomic E-state index is 1.08. The minimum Gasteiger partial charge on any atom is -0.402 e. The Hall–Kier alpha value is -1.04. The lowest BCUT2D eigenvalue weighted by atomic mass is 10.3. The second kappa shape index (κ2) is 9.21. The molecule has 0 fully saturated rings. The molecule has 0 spiro atoms. The van der Waals surface area contributed by atoms with Gasteiger partial charge in [0, 0.05) is 25.9 Å². The normalized spacial score (nSPS) is 9.06. The molecule has 0 aromatic heterocycles. The number of hydrogen-bond donors (Lipinski definition) is 2. The standard InChI is InChI=1S/C10H15N.CH5BO3/c1-3-11(4-2)10-8-6-5-7-9-10;1-5-2(3)4/h5-9H,3-4H2,1-2H3;3-4H,1H3. The van der Waals surface area contributed by atoms with Gasteiger partial charge in [0.25, 0.3) is 0 Å². The molecule has 0 heterocycles. The van der Waals surface area contributed by atoms with Crippen LogP contribution in [0.15, 0.2) is 30.3 Å². The van der Waals surface area contributed by atoms with Gasteiger partial charge in [-0.05, 0) is 26.0 Å². The van der Waals surface area contributed by atoms with Crippen LogP contribution in [0, 0.1) is 0 Å². The molecule has 0 saturated heterocycles. The summed E-state index contributed by atoms with van der Waals surface area (Å²) in [6.07, 6.45) is 0. The Bertz CT molecular complexity index is 253. The maximum atomic E-state index is 7.69. The molecular weight excluding hydrogens is 205 g/mol. The summed E-state index contributed by atoms with van der Waals surface area (Å²) in [7, 11) is -0.417. The lowest BCUT2D eigenvalue weighted by Crippen LogP contribution is -2.21. The van der Waals surface area contributed by atoms with Gasteiger partial charge in [-0.25, -0.2) is 0 Å². The van der Waals surface area contributed by atoms with Gasteiger partial charge >= 0.3 is 7.32 Å². The van der Waals surface area contributed by atoms with E-state index in [4.69, 9.17) is 10.0 Å². The summed E-state index contributed by atoms with van der Waals surface area (Å²) in [5, 5.41) is 15.4. The van der Waals surface area contributed by atoms with Crippen LogP contribution < -0.4 is 4.90 Å². The third-order valence-electron chi connectivity index (χ3n) is 2.10. The molecule has 0 bridgehead atoms. The van der Waals surface area contributed by atoms with Gasteiger partial charge in [0.1, 0.15) is 0 Å². The van der Waals surface area contributed by atoms with Gasteiger partial charge < -0.3 is 19.6 Å². The second-order valence-electron chi connectivity index (χ2n) is 3.07. The zero-order chi connectivity index (χ0) is 12.4. The van der Waals surface area contributed by atoms with Crippen molar-refractivity contribution < 1.29 is 14.7 Å². The Balaban J connectivity index is 0.000000385. The van der Waals surface area contributed by atoms with Crippen LogP contribution in [-0.2, 0) is 4.65 Å². The number of benzene rings is 1. The molecular formula is C11H20BNO3. The summed E-state index contributed by atoms with van der Waals surface area (Å²) in [6.45, 7) is 6.52. The van der Waals surface area contributed by atoms with Crippen LogP contribution in [0.1, 0.15) is 13.8 Å². The largest absolute Gasteiger partial charge is 0.633 e. The van der Waals surface area contributed by atoms with Crippen molar-refractivity contribution in [1.29, 1.82) is 0 Å². The van der Waals surface area contributed by atoms with Crippen molar-refractivity contribution in [3.63, 3.8) is 0 Å². The summed E-state index contributed by atoms with van der Waals surface area (Å²) in [5.41, 5.74) is 1.32. The summed E-state index contributed by atoms with van der Waals surface area (Å²) in [4.78, 5) is 2.33. The van der Waals surface area contributed by atoms with Gasteiger partial charge in [-0.1, -0.05) is 18.2 Å². The molecule has 2 N–H and O–H groups in total. The molecule has 5 heteroatoms. The van der Waals surface area contributed by atoms with E-state index < -0.39 is 7.32 Å². The van der Waals surface area contributed by atoms with Gasteiger partial charge in [-0.15, -0.1) is 0 Å². The van der Waals surface area contributed by atoms with Crippen molar-refractivity contribution >= 4 is 13.0 Å². The third-order valence-corrected chi connectivity index (χ3v) is 2.10. The van der Waals surface area contributed by atoms with Crippen molar-refractivity contribution in [1.82, 2.24) is 0 Å². The SMILES string of the molecule is CCN(CC)c1ccccc1.COB(O)O. The predicted octanol–water partition coefficient (Wildman–Crippen LogP) is 1.14. The van der Waals surface area contributed by atoms with Gasteiger partial charge in [0.2, 0.25) is 0 Å². The number of para-hydroxylation sites is 1. The first-order chi connectivity index (χ1) is 7.65. The van der Waals surface area contributed by atoms with E-state index in [0.717, 1.165) is 13.1 Å². The van der Waals surface area contributed by atoms with E-state index in [1.54, 1.807) is 0 Å². The average Bonchev–Trinajstić information content (AvgIpc) is 2.33. The smallest absolute Gasteiger partial charge is 0.402 e. The van der Waals surface area contributed by atoms with Crippen molar-refractivity contribution in [2.75, 3.05) is 25.1 Å². The molecule has 1 aromatic rings. The van der Waals surface area contributed by atoms with Crippen molar-refractivity contribution in [2.24, 2.45) is 0 Å². The van der Waals surface area contributed by atoms with E-state index in [-0.39, 0.29) is 0 Å². The summed E-state index contributed by atoms with van der Waals surface area (Å²) in [5.74, 6) is 0. The molecule has 0 atom stereocenters. The molecule has 1 rings (SSSR count). The highest BCUT2D eigenvalue weighted by Crippen LogP contribution is 2.11. The van der Waals surface area contributed by atoms with Crippen LogP contribution in [-0.4, -0.2) is 37.6 Å². The average molecular weight is 225 g/mol. The maximum Gasteiger partial charge on any atom is 0.633 e. The molecule has 0 radical (unpaired) electrons. The quantitative estimate of drug-likeness (QED) is 0.754. The summed E-state index contributed by atoms with van der Waals surface area (Å²) in [6, 6.07) is 10.5. The van der Waals surface area contributed by atoms with Gasteiger partial charge in [-0.2, -0.15) is 0 Å².